The van der Waals surface area contributed by atoms with E-state index >= 15 is 0 Å². The lowest BCUT2D eigenvalue weighted by Gasteiger charge is -2.23. The second-order valence-corrected chi connectivity index (χ2v) is 7.29. The number of ether oxygens (including phenoxy) is 1. The van der Waals surface area contributed by atoms with Gasteiger partial charge >= 0.3 is 5.97 Å². The highest BCUT2D eigenvalue weighted by atomic mass is 32.2. The summed E-state index contributed by atoms with van der Waals surface area (Å²) in [5.41, 5.74) is 0.385. The molecule has 0 saturated heterocycles. The van der Waals surface area contributed by atoms with Crippen LogP contribution in [0.25, 0.3) is 0 Å². The fraction of sp³-hybridized carbons (Fsp3) is 0.500. The fourth-order valence-electron chi connectivity index (χ4n) is 1.80. The van der Waals surface area contributed by atoms with E-state index < -0.39 is 22.0 Å². The van der Waals surface area contributed by atoms with Crippen molar-refractivity contribution in [3.05, 3.63) is 24.3 Å². The van der Waals surface area contributed by atoms with Gasteiger partial charge < -0.3 is 10.1 Å². The molecule has 1 rings (SSSR count). The summed E-state index contributed by atoms with van der Waals surface area (Å²) in [5.74, 6) is -0.477. The Labute approximate surface area is 126 Å². The highest BCUT2D eigenvalue weighted by Gasteiger charge is 2.27. The van der Waals surface area contributed by atoms with Gasteiger partial charge in [0.1, 0.15) is 10.9 Å². The van der Waals surface area contributed by atoms with Gasteiger partial charge in [0.2, 0.25) is 10.0 Å². The van der Waals surface area contributed by atoms with E-state index in [4.69, 9.17) is 4.74 Å². The molecule has 118 valence electrons. The van der Waals surface area contributed by atoms with E-state index in [-0.39, 0.29) is 10.8 Å². The van der Waals surface area contributed by atoms with Crippen molar-refractivity contribution in [1.29, 1.82) is 0 Å². The molecule has 1 aromatic rings. The fourth-order valence-corrected chi connectivity index (χ4v) is 2.85. The Balaban J connectivity index is 3.24. The van der Waals surface area contributed by atoms with Crippen LogP contribution in [0.15, 0.2) is 29.2 Å². The predicted octanol–water partition coefficient (Wildman–Crippen LogP) is 1.55. The minimum absolute atomic E-state index is 0.0485. The van der Waals surface area contributed by atoms with Gasteiger partial charge in [-0.05, 0) is 18.1 Å². The molecular weight excluding hydrogens is 292 g/mol. The van der Waals surface area contributed by atoms with Gasteiger partial charge in [-0.3, -0.25) is 0 Å². The summed E-state index contributed by atoms with van der Waals surface area (Å²) in [6, 6.07) is 5.88. The van der Waals surface area contributed by atoms with Gasteiger partial charge in [0.15, 0.2) is 0 Å². The molecule has 0 spiro atoms. The largest absolute Gasteiger partial charge is 0.467 e. The number of carbonyl (C=O) groups excluding carboxylic acids is 1. The Morgan fingerprint density at radius 3 is 2.29 bits per heavy atom. The highest BCUT2D eigenvalue weighted by molar-refractivity contribution is 7.89. The zero-order chi connectivity index (χ0) is 16.2. The van der Waals surface area contributed by atoms with E-state index in [0.29, 0.717) is 5.69 Å². The molecule has 7 heteroatoms. The summed E-state index contributed by atoms with van der Waals surface area (Å²) in [7, 11) is 0.644. The molecule has 0 aliphatic carbocycles. The van der Waals surface area contributed by atoms with Crippen molar-refractivity contribution in [2.75, 3.05) is 26.5 Å². The summed E-state index contributed by atoms with van der Waals surface area (Å²) in [5, 5.41) is 2.98. The molecule has 0 saturated carbocycles. The number of carbonyl (C=O) groups is 1. The summed E-state index contributed by atoms with van der Waals surface area (Å²) < 4.78 is 30.5. The summed E-state index contributed by atoms with van der Waals surface area (Å²) in [6.45, 7) is 3.72. The van der Waals surface area contributed by atoms with Crippen LogP contribution in [0.4, 0.5) is 5.69 Å². The van der Waals surface area contributed by atoms with Crippen molar-refractivity contribution in [3.63, 3.8) is 0 Å². The lowest BCUT2D eigenvalue weighted by atomic mass is 10.0. The Bertz CT molecular complexity index is 597. The normalized spacial score (nSPS) is 13.3. The molecule has 0 aromatic heterocycles. The van der Waals surface area contributed by atoms with E-state index in [2.05, 4.69) is 5.32 Å². The molecule has 0 aliphatic heterocycles. The Morgan fingerprint density at radius 2 is 1.81 bits per heavy atom. The van der Waals surface area contributed by atoms with Gasteiger partial charge in [-0.25, -0.2) is 17.5 Å². The smallest absolute Gasteiger partial charge is 0.328 e. The molecule has 0 radical (unpaired) electrons. The second kappa shape index (κ2) is 6.91. The van der Waals surface area contributed by atoms with E-state index in [1.165, 1.54) is 27.3 Å². The van der Waals surface area contributed by atoms with Gasteiger partial charge in [0, 0.05) is 14.1 Å². The number of nitrogens with zero attached hydrogens (tertiary/aromatic N) is 1. The number of esters is 1. The first-order valence-electron chi connectivity index (χ1n) is 6.57. The SMILES string of the molecule is COC(=O)C(Nc1ccccc1S(=O)(=O)N(C)C)C(C)C. The minimum atomic E-state index is -3.59. The summed E-state index contributed by atoms with van der Waals surface area (Å²) >= 11 is 0. The number of sulfonamides is 1. The first-order valence-corrected chi connectivity index (χ1v) is 8.01. The molecule has 1 aromatic carbocycles. The van der Waals surface area contributed by atoms with E-state index in [9.17, 15) is 13.2 Å². The van der Waals surface area contributed by atoms with Crippen molar-refractivity contribution < 1.29 is 17.9 Å². The average Bonchev–Trinajstić information content (AvgIpc) is 2.43. The number of nitrogens with one attached hydrogen (secondary N) is 1. The van der Waals surface area contributed by atoms with Crippen LogP contribution in [0.2, 0.25) is 0 Å². The number of methoxy groups -OCH3 is 1. The van der Waals surface area contributed by atoms with Crippen LogP contribution in [0.3, 0.4) is 0 Å². The van der Waals surface area contributed by atoms with Gasteiger partial charge in [-0.2, -0.15) is 0 Å². The quantitative estimate of drug-likeness (QED) is 0.806. The van der Waals surface area contributed by atoms with Gasteiger partial charge in [0.25, 0.3) is 0 Å². The zero-order valence-corrected chi connectivity index (χ0v) is 13.8. The topological polar surface area (TPSA) is 75.7 Å². The van der Waals surface area contributed by atoms with Crippen molar-refractivity contribution in [1.82, 2.24) is 4.31 Å². The standard InChI is InChI=1S/C14H22N2O4S/c1-10(2)13(14(17)20-5)15-11-8-6-7-9-12(11)21(18,19)16(3)4/h6-10,13,15H,1-5H3. The summed E-state index contributed by atoms with van der Waals surface area (Å²) in [4.78, 5) is 11.9. The Kier molecular flexibility index (Phi) is 5.74. The number of para-hydroxylation sites is 1. The van der Waals surface area contributed by atoms with Crippen LogP contribution in [0.1, 0.15) is 13.8 Å². The zero-order valence-electron chi connectivity index (χ0n) is 13.0. The Morgan fingerprint density at radius 1 is 1.24 bits per heavy atom. The number of hydrogen-bond donors (Lipinski definition) is 1. The molecule has 0 heterocycles. The molecule has 0 aliphatic rings. The first kappa shape index (κ1) is 17.5. The van der Waals surface area contributed by atoms with Crippen LogP contribution in [0.5, 0.6) is 0 Å². The van der Waals surface area contributed by atoms with Crippen LogP contribution in [-0.4, -0.2) is 45.9 Å². The van der Waals surface area contributed by atoms with Crippen LogP contribution >= 0.6 is 0 Å². The monoisotopic (exact) mass is 314 g/mol. The van der Waals surface area contributed by atoms with Gasteiger partial charge in [-0.1, -0.05) is 26.0 Å². The van der Waals surface area contributed by atoms with Crippen LogP contribution < -0.4 is 5.32 Å². The van der Waals surface area contributed by atoms with Crippen molar-refractivity contribution in [3.8, 4) is 0 Å². The van der Waals surface area contributed by atoms with Crippen molar-refractivity contribution in [2.45, 2.75) is 24.8 Å². The maximum Gasteiger partial charge on any atom is 0.328 e. The van der Waals surface area contributed by atoms with Gasteiger partial charge in [0.05, 0.1) is 12.8 Å². The van der Waals surface area contributed by atoms with Crippen molar-refractivity contribution in [2.24, 2.45) is 5.92 Å². The molecule has 21 heavy (non-hydrogen) atoms. The van der Waals surface area contributed by atoms with Gasteiger partial charge in [-0.15, -0.1) is 0 Å². The third kappa shape index (κ3) is 3.95. The molecule has 6 nitrogen and oxygen atoms in total. The average molecular weight is 314 g/mol. The molecule has 1 unspecified atom stereocenters. The number of benzene rings is 1. The number of rotatable bonds is 6. The number of hydrogen-bond acceptors (Lipinski definition) is 5. The molecule has 0 amide bonds. The maximum absolute atomic E-state index is 12.3. The van der Waals surface area contributed by atoms with E-state index in [1.54, 1.807) is 18.2 Å². The highest BCUT2D eigenvalue weighted by Crippen LogP contribution is 2.25. The third-order valence-electron chi connectivity index (χ3n) is 3.08. The molecule has 1 N–H and O–H groups in total. The molecular formula is C14H22N2O4S. The molecule has 0 bridgehead atoms. The van der Waals surface area contributed by atoms with E-state index in [1.807, 2.05) is 13.8 Å². The predicted molar refractivity (Wildman–Crippen MR) is 81.6 cm³/mol. The first-order chi connectivity index (χ1) is 9.71. The van der Waals surface area contributed by atoms with Crippen LogP contribution in [-0.2, 0) is 19.6 Å². The number of anilines is 1. The third-order valence-corrected chi connectivity index (χ3v) is 4.95. The van der Waals surface area contributed by atoms with Crippen molar-refractivity contribution >= 4 is 21.7 Å². The molecule has 0 fully saturated rings. The summed E-state index contributed by atoms with van der Waals surface area (Å²) in [6.07, 6.45) is 0. The minimum Gasteiger partial charge on any atom is -0.467 e. The van der Waals surface area contributed by atoms with E-state index in [0.717, 1.165) is 4.31 Å². The van der Waals surface area contributed by atoms with Crippen LogP contribution in [0, 0.1) is 5.92 Å². The second-order valence-electron chi connectivity index (χ2n) is 5.17. The maximum atomic E-state index is 12.3. The lowest BCUT2D eigenvalue weighted by Crippen LogP contribution is -2.36. The Hall–Kier alpha value is -1.60. The lowest BCUT2D eigenvalue weighted by molar-refractivity contribution is -0.142. The molecule has 1 atom stereocenters.